The number of carboxylic acids is 1. The van der Waals surface area contributed by atoms with Gasteiger partial charge in [0.25, 0.3) is 0 Å². The lowest BCUT2D eigenvalue weighted by Gasteiger charge is -2.26. The van der Waals surface area contributed by atoms with E-state index < -0.39 is 11.4 Å². The van der Waals surface area contributed by atoms with Crippen molar-refractivity contribution in [3.63, 3.8) is 0 Å². The lowest BCUT2D eigenvalue weighted by atomic mass is 9.88. The van der Waals surface area contributed by atoms with Crippen LogP contribution in [-0.4, -0.2) is 48.7 Å². The number of rotatable bonds is 6. The number of amides is 1. The molecule has 5 nitrogen and oxygen atoms in total. The number of carbonyl (C=O) groups excluding carboxylic acids is 1. The second-order valence-corrected chi connectivity index (χ2v) is 6.82. The minimum Gasteiger partial charge on any atom is -0.481 e. The molecule has 2 rings (SSSR count). The number of aliphatic carboxylic acids is 1. The molecule has 0 aromatic heterocycles. The zero-order valence-electron chi connectivity index (χ0n) is 13.1. The minimum absolute atomic E-state index is 0.000222. The second-order valence-electron chi connectivity index (χ2n) is 6.82. The van der Waals surface area contributed by atoms with Crippen molar-refractivity contribution in [1.82, 2.24) is 4.90 Å². The molecule has 21 heavy (non-hydrogen) atoms. The highest BCUT2D eigenvalue weighted by Gasteiger charge is 2.47. The van der Waals surface area contributed by atoms with Gasteiger partial charge < -0.3 is 14.7 Å². The van der Waals surface area contributed by atoms with Crippen molar-refractivity contribution in [1.29, 1.82) is 0 Å². The van der Waals surface area contributed by atoms with Gasteiger partial charge in [0, 0.05) is 26.1 Å². The van der Waals surface area contributed by atoms with E-state index in [9.17, 15) is 14.7 Å². The molecule has 2 fully saturated rings. The largest absolute Gasteiger partial charge is 0.481 e. The van der Waals surface area contributed by atoms with Gasteiger partial charge in [-0.2, -0.15) is 0 Å². The highest BCUT2D eigenvalue weighted by atomic mass is 16.5. The monoisotopic (exact) mass is 297 g/mol. The van der Waals surface area contributed by atoms with Gasteiger partial charge in [0.1, 0.15) is 5.41 Å². The lowest BCUT2D eigenvalue weighted by molar-refractivity contribution is -0.151. The van der Waals surface area contributed by atoms with Crippen LogP contribution in [0.3, 0.4) is 0 Å². The summed E-state index contributed by atoms with van der Waals surface area (Å²) in [5, 5.41) is 9.44. The predicted octanol–water partition coefficient (Wildman–Crippen LogP) is 2.15. The zero-order valence-corrected chi connectivity index (χ0v) is 13.1. The van der Waals surface area contributed by atoms with E-state index >= 15 is 0 Å². The molecule has 2 unspecified atom stereocenters. The van der Waals surface area contributed by atoms with Crippen molar-refractivity contribution in [3.05, 3.63) is 0 Å². The van der Waals surface area contributed by atoms with Crippen molar-refractivity contribution in [2.75, 3.05) is 26.8 Å². The van der Waals surface area contributed by atoms with Crippen LogP contribution in [0.25, 0.3) is 0 Å². The maximum Gasteiger partial charge on any atom is 0.313 e. The summed E-state index contributed by atoms with van der Waals surface area (Å²) in [6.45, 7) is 2.97. The summed E-state index contributed by atoms with van der Waals surface area (Å²) in [6.07, 6.45) is 6.47. The minimum atomic E-state index is -0.919. The van der Waals surface area contributed by atoms with E-state index in [1.54, 1.807) is 4.90 Å². The molecule has 1 saturated heterocycles. The number of ether oxygens (including phenoxy) is 1. The molecule has 0 aromatic rings. The Morgan fingerprint density at radius 2 is 2.05 bits per heavy atom. The SMILES string of the molecule is COCC1(C(=O)O)CCN(C(=O)C(C)CC2CCCC2)C1. The highest BCUT2D eigenvalue weighted by Crippen LogP contribution is 2.34. The third-order valence-electron chi connectivity index (χ3n) is 5.12. The molecular weight excluding hydrogens is 270 g/mol. The van der Waals surface area contributed by atoms with Gasteiger partial charge in [0.05, 0.1) is 6.61 Å². The first-order valence-electron chi connectivity index (χ1n) is 7.99. The molecule has 2 aliphatic rings. The molecule has 1 aliphatic heterocycles. The molecule has 1 N–H and O–H groups in total. The van der Waals surface area contributed by atoms with Crippen LogP contribution in [0.4, 0.5) is 0 Å². The van der Waals surface area contributed by atoms with E-state index in [1.807, 2.05) is 6.92 Å². The fraction of sp³-hybridized carbons (Fsp3) is 0.875. The van der Waals surface area contributed by atoms with Crippen molar-refractivity contribution in [2.24, 2.45) is 17.3 Å². The van der Waals surface area contributed by atoms with Crippen LogP contribution in [0, 0.1) is 17.3 Å². The van der Waals surface area contributed by atoms with Gasteiger partial charge in [-0.1, -0.05) is 32.6 Å². The molecular formula is C16H27NO4. The third kappa shape index (κ3) is 3.57. The molecule has 2 atom stereocenters. The molecule has 1 saturated carbocycles. The first kappa shape index (κ1) is 16.3. The molecule has 1 aliphatic carbocycles. The Kier molecular flexibility index (Phi) is 5.25. The van der Waals surface area contributed by atoms with Gasteiger partial charge in [-0.15, -0.1) is 0 Å². The Morgan fingerprint density at radius 1 is 1.38 bits per heavy atom. The van der Waals surface area contributed by atoms with Crippen LogP contribution < -0.4 is 0 Å². The first-order valence-corrected chi connectivity index (χ1v) is 7.99. The topological polar surface area (TPSA) is 66.8 Å². The van der Waals surface area contributed by atoms with Crippen LogP contribution >= 0.6 is 0 Å². The van der Waals surface area contributed by atoms with Crippen LogP contribution in [0.5, 0.6) is 0 Å². The maximum atomic E-state index is 12.5. The summed E-state index contributed by atoms with van der Waals surface area (Å²) in [6, 6.07) is 0. The summed E-state index contributed by atoms with van der Waals surface area (Å²) in [5.41, 5.74) is -0.919. The van der Waals surface area contributed by atoms with Crippen molar-refractivity contribution in [3.8, 4) is 0 Å². The third-order valence-corrected chi connectivity index (χ3v) is 5.12. The number of carboxylic acid groups (broad SMARTS) is 1. The van der Waals surface area contributed by atoms with Gasteiger partial charge in [-0.05, 0) is 18.8 Å². The average Bonchev–Trinajstić information content (AvgIpc) is 3.08. The number of likely N-dealkylation sites (tertiary alicyclic amines) is 1. The number of hydrogen-bond donors (Lipinski definition) is 1. The van der Waals surface area contributed by atoms with E-state index in [4.69, 9.17) is 4.74 Å². The first-order chi connectivity index (χ1) is 9.98. The van der Waals surface area contributed by atoms with Gasteiger partial charge in [-0.3, -0.25) is 9.59 Å². The van der Waals surface area contributed by atoms with Crippen molar-refractivity contribution in [2.45, 2.75) is 45.4 Å². The van der Waals surface area contributed by atoms with Gasteiger partial charge in [-0.25, -0.2) is 0 Å². The number of methoxy groups -OCH3 is 1. The quantitative estimate of drug-likeness (QED) is 0.816. The fourth-order valence-electron chi connectivity index (χ4n) is 3.85. The van der Waals surface area contributed by atoms with Gasteiger partial charge in [0.2, 0.25) is 5.91 Å². The van der Waals surface area contributed by atoms with E-state index in [2.05, 4.69) is 0 Å². The Labute approximate surface area is 126 Å². The van der Waals surface area contributed by atoms with Crippen molar-refractivity contribution < 1.29 is 19.4 Å². The van der Waals surface area contributed by atoms with E-state index in [0.717, 1.165) is 6.42 Å². The standard InChI is InChI=1S/C16H27NO4/c1-12(9-13-5-3-4-6-13)14(18)17-8-7-16(10-17,11-21-2)15(19)20/h12-13H,3-11H2,1-2H3,(H,19,20). The van der Waals surface area contributed by atoms with E-state index in [1.165, 1.54) is 32.8 Å². The summed E-state index contributed by atoms with van der Waals surface area (Å²) < 4.78 is 5.07. The van der Waals surface area contributed by atoms with Crippen LogP contribution in [0.1, 0.15) is 45.4 Å². The molecule has 0 radical (unpaired) electrons. The zero-order chi connectivity index (χ0) is 15.5. The molecule has 0 spiro atoms. The smallest absolute Gasteiger partial charge is 0.313 e. The Hall–Kier alpha value is -1.10. The van der Waals surface area contributed by atoms with Crippen LogP contribution in [-0.2, 0) is 14.3 Å². The maximum absolute atomic E-state index is 12.5. The average molecular weight is 297 g/mol. The number of hydrogen-bond acceptors (Lipinski definition) is 3. The van der Waals surface area contributed by atoms with Crippen LogP contribution in [0.2, 0.25) is 0 Å². The summed E-state index contributed by atoms with van der Waals surface area (Å²) >= 11 is 0. The fourth-order valence-corrected chi connectivity index (χ4v) is 3.85. The summed E-state index contributed by atoms with van der Waals surface area (Å²) in [7, 11) is 1.51. The normalized spacial score (nSPS) is 28.0. The molecule has 1 amide bonds. The van der Waals surface area contributed by atoms with E-state index in [-0.39, 0.29) is 25.0 Å². The second kappa shape index (κ2) is 6.77. The Bertz CT molecular complexity index is 392. The summed E-state index contributed by atoms with van der Waals surface area (Å²) in [4.78, 5) is 25.8. The number of nitrogens with zero attached hydrogens (tertiary/aromatic N) is 1. The Balaban J connectivity index is 1.92. The molecule has 120 valence electrons. The molecule has 5 heteroatoms. The molecule has 1 heterocycles. The lowest BCUT2D eigenvalue weighted by Crippen LogP contribution is -2.41. The van der Waals surface area contributed by atoms with Gasteiger partial charge in [0.15, 0.2) is 0 Å². The highest BCUT2D eigenvalue weighted by molar-refractivity contribution is 5.82. The predicted molar refractivity (Wildman–Crippen MR) is 78.9 cm³/mol. The summed E-state index contributed by atoms with van der Waals surface area (Å²) in [5.74, 6) is -0.0702. The molecule has 0 aromatic carbocycles. The molecule has 0 bridgehead atoms. The number of carbonyl (C=O) groups is 2. The Morgan fingerprint density at radius 3 is 2.62 bits per heavy atom. The van der Waals surface area contributed by atoms with E-state index in [0.29, 0.717) is 18.9 Å². The van der Waals surface area contributed by atoms with Crippen molar-refractivity contribution >= 4 is 11.9 Å². The van der Waals surface area contributed by atoms with Gasteiger partial charge >= 0.3 is 5.97 Å². The van der Waals surface area contributed by atoms with Crippen LogP contribution in [0.15, 0.2) is 0 Å².